The van der Waals surface area contributed by atoms with Gasteiger partial charge in [0.2, 0.25) is 0 Å². The zero-order chi connectivity index (χ0) is 13.3. The first-order valence-corrected chi connectivity index (χ1v) is 7.39. The predicted molar refractivity (Wildman–Crippen MR) is 79.1 cm³/mol. The van der Waals surface area contributed by atoms with E-state index in [-0.39, 0.29) is 11.9 Å². The minimum absolute atomic E-state index is 0.171. The fourth-order valence-corrected chi connectivity index (χ4v) is 4.03. The van der Waals surface area contributed by atoms with Crippen LogP contribution in [0.1, 0.15) is 21.4 Å². The molecule has 0 fully saturated rings. The SMILES string of the molecule is CNC(c1ccc(Cl)cc1F)c1sc(C)cc1Br. The van der Waals surface area contributed by atoms with Crippen LogP contribution in [0.4, 0.5) is 4.39 Å². The number of thiophene rings is 1. The fourth-order valence-electron chi connectivity index (χ4n) is 1.86. The molecule has 96 valence electrons. The first kappa shape index (κ1) is 14.0. The molecule has 0 saturated carbocycles. The standard InChI is InChI=1S/C13H12BrClFNS/c1-7-5-10(14)13(18-7)12(17-2)9-4-3-8(15)6-11(9)16/h3-6,12,17H,1-2H3. The third-order valence-electron chi connectivity index (χ3n) is 2.66. The Morgan fingerprint density at radius 3 is 2.61 bits per heavy atom. The lowest BCUT2D eigenvalue weighted by Crippen LogP contribution is -2.18. The zero-order valence-electron chi connectivity index (χ0n) is 9.93. The van der Waals surface area contributed by atoms with Gasteiger partial charge in [-0.2, -0.15) is 0 Å². The highest BCUT2D eigenvalue weighted by Gasteiger charge is 2.20. The molecule has 2 rings (SSSR count). The summed E-state index contributed by atoms with van der Waals surface area (Å²) in [6, 6.07) is 6.64. The molecule has 0 aliphatic carbocycles. The summed E-state index contributed by atoms with van der Waals surface area (Å²) in [5.41, 5.74) is 0.601. The third-order valence-corrected chi connectivity index (χ3v) is 4.93. The van der Waals surface area contributed by atoms with Gasteiger partial charge in [0.05, 0.1) is 6.04 Å². The summed E-state index contributed by atoms with van der Waals surface area (Å²) >= 11 is 10.9. The highest BCUT2D eigenvalue weighted by Crippen LogP contribution is 2.36. The van der Waals surface area contributed by atoms with Gasteiger partial charge < -0.3 is 5.32 Å². The normalized spacial score (nSPS) is 12.7. The van der Waals surface area contributed by atoms with Gasteiger partial charge in [0.25, 0.3) is 0 Å². The van der Waals surface area contributed by atoms with Crippen molar-refractivity contribution < 1.29 is 4.39 Å². The molecule has 2 aromatic rings. The summed E-state index contributed by atoms with van der Waals surface area (Å²) in [5.74, 6) is -0.292. The van der Waals surface area contributed by atoms with Gasteiger partial charge in [-0.25, -0.2) is 4.39 Å². The van der Waals surface area contributed by atoms with Gasteiger partial charge in [-0.1, -0.05) is 17.7 Å². The second-order valence-corrected chi connectivity index (χ2v) is 6.54. The highest BCUT2D eigenvalue weighted by atomic mass is 79.9. The van der Waals surface area contributed by atoms with Crippen LogP contribution in [0.2, 0.25) is 5.02 Å². The van der Waals surface area contributed by atoms with E-state index in [2.05, 4.69) is 21.2 Å². The van der Waals surface area contributed by atoms with E-state index in [0.29, 0.717) is 10.6 Å². The summed E-state index contributed by atoms with van der Waals surface area (Å²) in [5, 5.41) is 3.56. The van der Waals surface area contributed by atoms with Crippen LogP contribution in [-0.4, -0.2) is 7.05 Å². The smallest absolute Gasteiger partial charge is 0.129 e. The summed E-state index contributed by atoms with van der Waals surface area (Å²) in [7, 11) is 1.82. The summed E-state index contributed by atoms with van der Waals surface area (Å²) < 4.78 is 15.0. The lowest BCUT2D eigenvalue weighted by Gasteiger charge is -2.16. The number of hydrogen-bond acceptors (Lipinski definition) is 2. The van der Waals surface area contributed by atoms with Crippen molar-refractivity contribution in [3.8, 4) is 0 Å². The topological polar surface area (TPSA) is 12.0 Å². The van der Waals surface area contributed by atoms with E-state index in [1.165, 1.54) is 10.9 Å². The Morgan fingerprint density at radius 2 is 2.11 bits per heavy atom. The minimum atomic E-state index is -0.292. The Balaban J connectivity index is 2.48. The molecule has 0 aliphatic rings. The van der Waals surface area contributed by atoms with E-state index in [9.17, 15) is 4.39 Å². The van der Waals surface area contributed by atoms with Gasteiger partial charge in [-0.05, 0) is 48.1 Å². The van der Waals surface area contributed by atoms with Crippen molar-refractivity contribution in [1.29, 1.82) is 0 Å². The average Bonchev–Trinajstić information content (AvgIpc) is 2.62. The lowest BCUT2D eigenvalue weighted by atomic mass is 10.0. The van der Waals surface area contributed by atoms with Crippen molar-refractivity contribution in [2.24, 2.45) is 0 Å². The second kappa shape index (κ2) is 5.70. The Hall–Kier alpha value is -0.420. The average molecular weight is 349 g/mol. The fraction of sp³-hybridized carbons (Fsp3) is 0.231. The Kier molecular flexibility index (Phi) is 4.43. The second-order valence-electron chi connectivity index (χ2n) is 3.96. The molecular formula is C13H12BrClFNS. The third kappa shape index (κ3) is 2.77. The van der Waals surface area contributed by atoms with Crippen LogP contribution in [0.25, 0.3) is 0 Å². The molecule has 0 spiro atoms. The molecule has 1 unspecified atom stereocenters. The van der Waals surface area contributed by atoms with Crippen molar-refractivity contribution in [2.45, 2.75) is 13.0 Å². The summed E-state index contributed by atoms with van der Waals surface area (Å²) in [4.78, 5) is 2.25. The van der Waals surface area contributed by atoms with E-state index in [1.807, 2.05) is 20.0 Å². The van der Waals surface area contributed by atoms with Gasteiger partial charge in [0.1, 0.15) is 5.82 Å². The molecule has 0 saturated heterocycles. The van der Waals surface area contributed by atoms with Crippen LogP contribution in [-0.2, 0) is 0 Å². The van der Waals surface area contributed by atoms with Crippen LogP contribution in [0, 0.1) is 12.7 Å². The molecular weight excluding hydrogens is 337 g/mol. The van der Waals surface area contributed by atoms with Gasteiger partial charge in [-0.3, -0.25) is 0 Å². The van der Waals surface area contributed by atoms with Gasteiger partial charge in [0.15, 0.2) is 0 Å². The van der Waals surface area contributed by atoms with E-state index >= 15 is 0 Å². The number of rotatable bonds is 3. The van der Waals surface area contributed by atoms with Gasteiger partial charge in [-0.15, -0.1) is 11.3 Å². The number of aryl methyl sites for hydroxylation is 1. The molecule has 1 aromatic heterocycles. The quantitative estimate of drug-likeness (QED) is 0.830. The molecule has 5 heteroatoms. The molecule has 1 aromatic carbocycles. The van der Waals surface area contributed by atoms with Crippen LogP contribution in [0.3, 0.4) is 0 Å². The van der Waals surface area contributed by atoms with Crippen LogP contribution < -0.4 is 5.32 Å². The van der Waals surface area contributed by atoms with Crippen LogP contribution in [0.15, 0.2) is 28.7 Å². The maximum Gasteiger partial charge on any atom is 0.129 e. The van der Waals surface area contributed by atoms with E-state index < -0.39 is 0 Å². The molecule has 18 heavy (non-hydrogen) atoms. The Labute approximate surface area is 123 Å². The first-order valence-electron chi connectivity index (χ1n) is 5.41. The first-order chi connectivity index (χ1) is 8.52. The van der Waals surface area contributed by atoms with Crippen LogP contribution in [0.5, 0.6) is 0 Å². The van der Waals surface area contributed by atoms with Crippen molar-refractivity contribution in [1.82, 2.24) is 5.32 Å². The summed E-state index contributed by atoms with van der Waals surface area (Å²) in [6.07, 6.45) is 0. The van der Waals surface area contributed by atoms with E-state index in [0.717, 1.165) is 9.35 Å². The molecule has 0 amide bonds. The largest absolute Gasteiger partial charge is 0.309 e. The van der Waals surface area contributed by atoms with Gasteiger partial charge in [0, 0.05) is 24.8 Å². The maximum atomic E-state index is 14.0. The Bertz CT molecular complexity index is 570. The number of benzene rings is 1. The monoisotopic (exact) mass is 347 g/mol. The van der Waals surface area contributed by atoms with E-state index in [1.54, 1.807) is 23.5 Å². The molecule has 1 atom stereocenters. The highest BCUT2D eigenvalue weighted by molar-refractivity contribution is 9.10. The van der Waals surface area contributed by atoms with Crippen molar-refractivity contribution in [3.63, 3.8) is 0 Å². The zero-order valence-corrected chi connectivity index (χ0v) is 13.1. The van der Waals surface area contributed by atoms with E-state index in [4.69, 9.17) is 11.6 Å². The molecule has 1 nitrogen and oxygen atoms in total. The minimum Gasteiger partial charge on any atom is -0.309 e. The lowest BCUT2D eigenvalue weighted by molar-refractivity contribution is 0.579. The van der Waals surface area contributed by atoms with Crippen molar-refractivity contribution >= 4 is 38.9 Å². The number of hydrogen-bond donors (Lipinski definition) is 1. The van der Waals surface area contributed by atoms with Gasteiger partial charge >= 0.3 is 0 Å². The van der Waals surface area contributed by atoms with Crippen LogP contribution >= 0.6 is 38.9 Å². The predicted octanol–water partition coefficient (Wildman–Crippen LogP) is 4.92. The molecule has 0 radical (unpaired) electrons. The Morgan fingerprint density at radius 1 is 1.39 bits per heavy atom. The molecule has 0 bridgehead atoms. The molecule has 0 aliphatic heterocycles. The summed E-state index contributed by atoms with van der Waals surface area (Å²) in [6.45, 7) is 2.03. The van der Waals surface area contributed by atoms with Crippen molar-refractivity contribution in [3.05, 3.63) is 54.9 Å². The number of halogens is 3. The van der Waals surface area contributed by atoms with Crippen molar-refractivity contribution in [2.75, 3.05) is 7.05 Å². The molecule has 1 N–H and O–H groups in total. The number of nitrogens with one attached hydrogen (secondary N) is 1. The maximum absolute atomic E-state index is 14.0. The molecule has 1 heterocycles.